The van der Waals surface area contributed by atoms with Crippen molar-refractivity contribution in [3.63, 3.8) is 0 Å². The fraction of sp³-hybridized carbons (Fsp3) is 0.0526. The van der Waals surface area contributed by atoms with Gasteiger partial charge >= 0.3 is 0 Å². The van der Waals surface area contributed by atoms with Crippen LogP contribution < -0.4 is 4.74 Å². The Bertz CT molecular complexity index is 1060. The standard InChI is InChI=1S/C19H16N4O2/c1-25-13-6-4-5-12(9-13)17-10-18(23-22-17)20-11-15-14-7-2-3-8-16(14)21-19(15)24/h2-11,21,24H,1H3,(H,22,23). The highest BCUT2D eigenvalue weighted by Crippen LogP contribution is 2.27. The minimum absolute atomic E-state index is 0.0912. The molecule has 4 aromatic rings. The number of aromatic nitrogens is 3. The van der Waals surface area contributed by atoms with Gasteiger partial charge in [-0.05, 0) is 18.2 Å². The molecule has 0 aliphatic carbocycles. The summed E-state index contributed by atoms with van der Waals surface area (Å²) in [7, 11) is 1.63. The van der Waals surface area contributed by atoms with E-state index in [2.05, 4.69) is 20.2 Å². The summed E-state index contributed by atoms with van der Waals surface area (Å²) in [6.45, 7) is 0. The molecule has 2 aromatic carbocycles. The van der Waals surface area contributed by atoms with E-state index in [0.717, 1.165) is 27.9 Å². The summed E-state index contributed by atoms with van der Waals surface area (Å²) in [5, 5.41) is 18.1. The molecule has 6 nitrogen and oxygen atoms in total. The number of aromatic hydroxyl groups is 1. The van der Waals surface area contributed by atoms with E-state index in [9.17, 15) is 5.11 Å². The zero-order valence-electron chi connectivity index (χ0n) is 13.5. The first-order valence-electron chi connectivity index (χ1n) is 7.78. The van der Waals surface area contributed by atoms with E-state index in [4.69, 9.17) is 4.74 Å². The minimum Gasteiger partial charge on any atom is -0.497 e. The van der Waals surface area contributed by atoms with Gasteiger partial charge in [0.15, 0.2) is 11.7 Å². The van der Waals surface area contributed by atoms with E-state index in [1.54, 1.807) is 13.3 Å². The van der Waals surface area contributed by atoms with Crippen molar-refractivity contribution in [2.75, 3.05) is 7.11 Å². The maximum absolute atomic E-state index is 10.1. The summed E-state index contributed by atoms with van der Waals surface area (Å²) in [6.07, 6.45) is 1.61. The molecule has 0 aliphatic heterocycles. The Morgan fingerprint density at radius 1 is 1.12 bits per heavy atom. The number of fused-ring (bicyclic) bond motifs is 1. The van der Waals surface area contributed by atoms with Crippen LogP contribution in [0.3, 0.4) is 0 Å². The van der Waals surface area contributed by atoms with E-state index in [0.29, 0.717) is 11.4 Å². The third kappa shape index (κ3) is 2.85. The molecule has 0 unspecified atom stereocenters. The molecule has 6 heteroatoms. The fourth-order valence-electron chi connectivity index (χ4n) is 2.73. The molecular weight excluding hydrogens is 316 g/mol. The Kier molecular flexibility index (Phi) is 3.70. The second-order valence-corrected chi connectivity index (χ2v) is 5.56. The lowest BCUT2D eigenvalue weighted by atomic mass is 10.1. The number of aliphatic imine (C=N–C) groups is 1. The molecule has 0 amide bonds. The minimum atomic E-state index is 0.0912. The highest BCUT2D eigenvalue weighted by Gasteiger charge is 2.08. The molecule has 0 spiro atoms. The predicted octanol–water partition coefficient (Wildman–Crippen LogP) is 4.02. The van der Waals surface area contributed by atoms with E-state index in [-0.39, 0.29) is 5.88 Å². The van der Waals surface area contributed by atoms with Crippen LogP contribution in [0.4, 0.5) is 5.82 Å². The normalized spacial score (nSPS) is 11.4. The molecule has 0 radical (unpaired) electrons. The van der Waals surface area contributed by atoms with Gasteiger partial charge in [-0.3, -0.25) is 5.10 Å². The number of nitrogens with one attached hydrogen (secondary N) is 2. The smallest absolute Gasteiger partial charge is 0.198 e. The van der Waals surface area contributed by atoms with Gasteiger partial charge in [0.25, 0.3) is 0 Å². The maximum Gasteiger partial charge on any atom is 0.198 e. The molecule has 0 atom stereocenters. The van der Waals surface area contributed by atoms with Gasteiger partial charge in [0.2, 0.25) is 0 Å². The Balaban J connectivity index is 1.64. The van der Waals surface area contributed by atoms with Crippen molar-refractivity contribution in [3.8, 4) is 22.9 Å². The number of hydrogen-bond donors (Lipinski definition) is 3. The molecule has 124 valence electrons. The number of H-pyrrole nitrogens is 2. The lowest BCUT2D eigenvalue weighted by molar-refractivity contribution is 0.415. The van der Waals surface area contributed by atoms with Gasteiger partial charge < -0.3 is 14.8 Å². The van der Waals surface area contributed by atoms with E-state index >= 15 is 0 Å². The first kappa shape index (κ1) is 15.0. The maximum atomic E-state index is 10.1. The quantitative estimate of drug-likeness (QED) is 0.493. The van der Waals surface area contributed by atoms with Crippen LogP contribution >= 0.6 is 0 Å². The van der Waals surface area contributed by atoms with Gasteiger partial charge in [0.1, 0.15) is 5.75 Å². The molecule has 0 aliphatic rings. The van der Waals surface area contributed by atoms with Crippen molar-refractivity contribution in [1.29, 1.82) is 0 Å². The van der Waals surface area contributed by atoms with Gasteiger partial charge in [-0.2, -0.15) is 5.10 Å². The molecule has 2 heterocycles. The first-order chi connectivity index (χ1) is 12.2. The van der Waals surface area contributed by atoms with Crippen LogP contribution in [-0.2, 0) is 0 Å². The average molecular weight is 332 g/mol. The second kappa shape index (κ2) is 6.16. The van der Waals surface area contributed by atoms with Crippen LogP contribution in [0.25, 0.3) is 22.2 Å². The molecule has 25 heavy (non-hydrogen) atoms. The van der Waals surface area contributed by atoms with Crippen molar-refractivity contribution in [3.05, 3.63) is 60.2 Å². The Morgan fingerprint density at radius 3 is 2.88 bits per heavy atom. The first-order valence-corrected chi connectivity index (χ1v) is 7.78. The van der Waals surface area contributed by atoms with Crippen LogP contribution in [0, 0.1) is 0 Å². The van der Waals surface area contributed by atoms with Crippen molar-refractivity contribution in [2.24, 2.45) is 4.99 Å². The van der Waals surface area contributed by atoms with Crippen molar-refractivity contribution in [1.82, 2.24) is 15.2 Å². The monoisotopic (exact) mass is 332 g/mol. The summed E-state index contributed by atoms with van der Waals surface area (Å²) in [5.41, 5.74) is 3.31. The molecule has 3 N–H and O–H groups in total. The summed E-state index contributed by atoms with van der Waals surface area (Å²) < 4.78 is 5.24. The number of ether oxygens (including phenoxy) is 1. The Morgan fingerprint density at radius 2 is 2.00 bits per heavy atom. The molecule has 0 saturated heterocycles. The second-order valence-electron chi connectivity index (χ2n) is 5.56. The van der Waals surface area contributed by atoms with Gasteiger partial charge in [0, 0.05) is 28.7 Å². The Labute approximate surface area is 143 Å². The summed E-state index contributed by atoms with van der Waals surface area (Å²) in [5.74, 6) is 1.40. The number of methoxy groups -OCH3 is 1. The third-order valence-electron chi connectivity index (χ3n) is 4.00. The van der Waals surface area contributed by atoms with Crippen LogP contribution in [0.2, 0.25) is 0 Å². The lowest BCUT2D eigenvalue weighted by Gasteiger charge is -2.01. The zero-order chi connectivity index (χ0) is 17.2. The van der Waals surface area contributed by atoms with Gasteiger partial charge in [-0.15, -0.1) is 0 Å². The molecule has 0 saturated carbocycles. The SMILES string of the molecule is COc1cccc(-c2cc(N=Cc3c(O)[nH]c4ccccc34)n[nH]2)c1. The van der Waals surface area contributed by atoms with Gasteiger partial charge in [-0.25, -0.2) is 4.99 Å². The number of rotatable bonds is 4. The number of aromatic amines is 2. The number of nitrogens with zero attached hydrogens (tertiary/aromatic N) is 2. The molecule has 2 aromatic heterocycles. The van der Waals surface area contributed by atoms with Crippen molar-refractivity contribution >= 4 is 22.9 Å². The summed E-state index contributed by atoms with van der Waals surface area (Å²) in [6, 6.07) is 17.2. The van der Waals surface area contributed by atoms with Crippen LogP contribution in [0.1, 0.15) is 5.56 Å². The van der Waals surface area contributed by atoms with E-state index in [1.807, 2.05) is 54.6 Å². The van der Waals surface area contributed by atoms with Crippen LogP contribution in [-0.4, -0.2) is 33.6 Å². The molecule has 0 bridgehead atoms. The molecular formula is C19H16N4O2. The third-order valence-corrected chi connectivity index (χ3v) is 4.00. The van der Waals surface area contributed by atoms with Crippen LogP contribution in [0.15, 0.2) is 59.6 Å². The van der Waals surface area contributed by atoms with Crippen molar-refractivity contribution in [2.45, 2.75) is 0 Å². The fourth-order valence-corrected chi connectivity index (χ4v) is 2.73. The highest BCUT2D eigenvalue weighted by atomic mass is 16.5. The lowest BCUT2D eigenvalue weighted by Crippen LogP contribution is -1.83. The van der Waals surface area contributed by atoms with Crippen molar-refractivity contribution < 1.29 is 9.84 Å². The molecule has 4 rings (SSSR count). The molecule has 0 fully saturated rings. The predicted molar refractivity (Wildman–Crippen MR) is 97.8 cm³/mol. The number of benzene rings is 2. The summed E-state index contributed by atoms with van der Waals surface area (Å²) >= 11 is 0. The van der Waals surface area contributed by atoms with Gasteiger partial charge in [0.05, 0.1) is 18.4 Å². The number of para-hydroxylation sites is 1. The largest absolute Gasteiger partial charge is 0.497 e. The Hall–Kier alpha value is -3.54. The zero-order valence-corrected chi connectivity index (χ0v) is 13.5. The van der Waals surface area contributed by atoms with E-state index < -0.39 is 0 Å². The summed E-state index contributed by atoms with van der Waals surface area (Å²) in [4.78, 5) is 7.30. The topological polar surface area (TPSA) is 86.3 Å². The highest BCUT2D eigenvalue weighted by molar-refractivity contribution is 6.02. The number of hydrogen-bond acceptors (Lipinski definition) is 4. The average Bonchev–Trinajstić information content (AvgIpc) is 3.24. The van der Waals surface area contributed by atoms with Gasteiger partial charge in [-0.1, -0.05) is 30.3 Å². The van der Waals surface area contributed by atoms with Crippen LogP contribution in [0.5, 0.6) is 11.6 Å². The van der Waals surface area contributed by atoms with E-state index in [1.165, 1.54) is 0 Å².